The van der Waals surface area contributed by atoms with Crippen molar-refractivity contribution in [1.82, 2.24) is 9.55 Å². The van der Waals surface area contributed by atoms with Crippen LogP contribution in [0.25, 0.3) is 0 Å². The van der Waals surface area contributed by atoms with Crippen LogP contribution in [-0.4, -0.2) is 20.6 Å². The number of carboxylic acids is 1. The molecular weight excluding hydrogens is 220 g/mol. The Morgan fingerprint density at radius 1 is 1.35 bits per heavy atom. The van der Waals surface area contributed by atoms with Crippen molar-refractivity contribution >= 4 is 5.97 Å². The number of carbonyl (C=O) groups is 1. The van der Waals surface area contributed by atoms with Gasteiger partial charge in [0, 0.05) is 6.20 Å². The van der Waals surface area contributed by atoms with Gasteiger partial charge in [-0.2, -0.15) is 0 Å². The molecule has 2 N–H and O–H groups in total. The minimum absolute atomic E-state index is 0.0358. The van der Waals surface area contributed by atoms with Gasteiger partial charge < -0.3 is 10.1 Å². The van der Waals surface area contributed by atoms with Crippen molar-refractivity contribution in [3.63, 3.8) is 0 Å². The molecule has 2 aromatic rings. The van der Waals surface area contributed by atoms with Crippen molar-refractivity contribution in [1.29, 1.82) is 0 Å². The van der Waals surface area contributed by atoms with E-state index in [4.69, 9.17) is 5.11 Å². The van der Waals surface area contributed by atoms with E-state index < -0.39 is 11.7 Å². The third kappa shape index (κ3) is 1.99. The van der Waals surface area contributed by atoms with E-state index in [9.17, 15) is 9.59 Å². The Morgan fingerprint density at radius 3 is 2.59 bits per heavy atom. The van der Waals surface area contributed by atoms with Gasteiger partial charge in [-0.3, -0.25) is 4.57 Å². The Kier molecular flexibility index (Phi) is 2.82. The smallest absolute Gasteiger partial charge is 0.354 e. The topological polar surface area (TPSA) is 75.1 Å². The Balaban J connectivity index is 2.51. The molecule has 5 heteroatoms. The van der Waals surface area contributed by atoms with Gasteiger partial charge in [0.1, 0.15) is 5.69 Å². The Morgan fingerprint density at radius 2 is 2.00 bits per heavy atom. The molecule has 1 atom stereocenters. The number of imidazole rings is 1. The Bertz CT molecular complexity index is 583. The number of hydrogen-bond acceptors (Lipinski definition) is 2. The number of H-pyrrole nitrogens is 1. The number of nitrogens with one attached hydrogen (secondary N) is 1. The zero-order valence-electron chi connectivity index (χ0n) is 9.25. The number of hydrogen-bond donors (Lipinski definition) is 2. The second-order valence-corrected chi connectivity index (χ2v) is 3.74. The quantitative estimate of drug-likeness (QED) is 0.841. The highest BCUT2D eigenvalue weighted by atomic mass is 16.4. The zero-order valence-corrected chi connectivity index (χ0v) is 9.25. The van der Waals surface area contributed by atoms with Gasteiger partial charge in [-0.15, -0.1) is 0 Å². The minimum Gasteiger partial charge on any atom is -0.477 e. The minimum atomic E-state index is -1.12. The molecule has 0 saturated carbocycles. The third-order valence-corrected chi connectivity index (χ3v) is 2.70. The molecule has 1 unspecified atom stereocenters. The third-order valence-electron chi connectivity index (χ3n) is 2.70. The van der Waals surface area contributed by atoms with Gasteiger partial charge in [-0.05, 0) is 12.5 Å². The van der Waals surface area contributed by atoms with Gasteiger partial charge in [-0.1, -0.05) is 30.3 Å². The monoisotopic (exact) mass is 232 g/mol. The van der Waals surface area contributed by atoms with Crippen LogP contribution in [0.2, 0.25) is 0 Å². The molecule has 0 aliphatic rings. The van der Waals surface area contributed by atoms with Gasteiger partial charge in [-0.25, -0.2) is 9.59 Å². The van der Waals surface area contributed by atoms with E-state index in [1.807, 2.05) is 30.3 Å². The molecule has 0 saturated heterocycles. The summed E-state index contributed by atoms with van der Waals surface area (Å²) in [5.74, 6) is -1.12. The van der Waals surface area contributed by atoms with E-state index in [0.29, 0.717) is 0 Å². The number of aromatic amines is 1. The average Bonchev–Trinajstić information content (AvgIpc) is 2.71. The summed E-state index contributed by atoms with van der Waals surface area (Å²) in [6.45, 7) is 1.79. The molecule has 2 rings (SSSR count). The van der Waals surface area contributed by atoms with Crippen LogP contribution in [0.5, 0.6) is 0 Å². The lowest BCUT2D eigenvalue weighted by atomic mass is 10.1. The van der Waals surface area contributed by atoms with E-state index in [0.717, 1.165) is 5.56 Å². The lowest BCUT2D eigenvalue weighted by molar-refractivity contribution is 0.0683. The maximum atomic E-state index is 11.6. The summed E-state index contributed by atoms with van der Waals surface area (Å²) in [4.78, 5) is 25.0. The second-order valence-electron chi connectivity index (χ2n) is 3.74. The molecule has 1 aromatic carbocycles. The summed E-state index contributed by atoms with van der Waals surface area (Å²) in [5, 5.41) is 9.00. The van der Waals surface area contributed by atoms with Crippen LogP contribution < -0.4 is 5.69 Å². The number of benzene rings is 1. The molecule has 0 spiro atoms. The molecule has 0 aliphatic heterocycles. The van der Waals surface area contributed by atoms with E-state index in [1.165, 1.54) is 10.8 Å². The predicted molar refractivity (Wildman–Crippen MR) is 62.3 cm³/mol. The molecule has 1 heterocycles. The zero-order chi connectivity index (χ0) is 12.4. The number of carboxylic acid groups (broad SMARTS) is 1. The molecule has 0 fully saturated rings. The molecule has 0 amide bonds. The van der Waals surface area contributed by atoms with Crippen LogP contribution in [0, 0.1) is 0 Å². The van der Waals surface area contributed by atoms with Crippen molar-refractivity contribution in [2.45, 2.75) is 13.0 Å². The summed E-state index contributed by atoms with van der Waals surface area (Å²) in [6, 6.07) is 8.97. The van der Waals surface area contributed by atoms with Crippen molar-refractivity contribution in [2.24, 2.45) is 0 Å². The predicted octanol–water partition coefficient (Wildman–Crippen LogP) is 1.48. The fourth-order valence-corrected chi connectivity index (χ4v) is 1.81. The van der Waals surface area contributed by atoms with Crippen LogP contribution in [0.1, 0.15) is 29.0 Å². The first-order chi connectivity index (χ1) is 8.11. The number of nitrogens with zero attached hydrogens (tertiary/aromatic N) is 1. The molecule has 0 radical (unpaired) electrons. The first-order valence-electron chi connectivity index (χ1n) is 5.19. The van der Waals surface area contributed by atoms with Crippen LogP contribution >= 0.6 is 0 Å². The number of rotatable bonds is 3. The van der Waals surface area contributed by atoms with Gasteiger partial charge >= 0.3 is 11.7 Å². The summed E-state index contributed by atoms with van der Waals surface area (Å²) >= 11 is 0. The fraction of sp³-hybridized carbons (Fsp3) is 0.167. The highest BCUT2D eigenvalue weighted by Crippen LogP contribution is 2.17. The van der Waals surface area contributed by atoms with Crippen molar-refractivity contribution in [3.8, 4) is 0 Å². The van der Waals surface area contributed by atoms with Crippen LogP contribution in [0.4, 0.5) is 0 Å². The Labute approximate surface area is 97.3 Å². The van der Waals surface area contributed by atoms with Crippen LogP contribution in [-0.2, 0) is 0 Å². The summed E-state index contributed by atoms with van der Waals surface area (Å²) < 4.78 is 1.23. The summed E-state index contributed by atoms with van der Waals surface area (Å²) in [6.07, 6.45) is 1.21. The second kappa shape index (κ2) is 4.29. The lowest BCUT2D eigenvalue weighted by Crippen LogP contribution is -2.24. The van der Waals surface area contributed by atoms with E-state index >= 15 is 0 Å². The molecule has 1 aromatic heterocycles. The van der Waals surface area contributed by atoms with Gasteiger partial charge in [0.05, 0.1) is 6.04 Å². The Hall–Kier alpha value is -2.30. The van der Waals surface area contributed by atoms with Crippen molar-refractivity contribution in [2.75, 3.05) is 0 Å². The van der Waals surface area contributed by atoms with Crippen LogP contribution in [0.3, 0.4) is 0 Å². The molecular formula is C12H12N2O3. The molecule has 0 bridgehead atoms. The highest BCUT2D eigenvalue weighted by molar-refractivity contribution is 5.85. The summed E-state index contributed by atoms with van der Waals surface area (Å²) in [5.41, 5.74) is 0.432. The highest BCUT2D eigenvalue weighted by Gasteiger charge is 2.18. The normalized spacial score (nSPS) is 12.3. The average molecular weight is 232 g/mol. The van der Waals surface area contributed by atoms with E-state index in [2.05, 4.69) is 4.98 Å². The molecule has 17 heavy (non-hydrogen) atoms. The van der Waals surface area contributed by atoms with Gasteiger partial charge in [0.25, 0.3) is 0 Å². The summed E-state index contributed by atoms with van der Waals surface area (Å²) in [7, 11) is 0. The first kappa shape index (κ1) is 11.2. The maximum absolute atomic E-state index is 11.6. The standard InChI is InChI=1S/C12H12N2O3/c1-8(9-5-3-2-4-6-9)14-10(11(15)16)7-13-12(14)17/h2-8H,1H3,(H,13,17)(H,15,16). The van der Waals surface area contributed by atoms with Crippen molar-refractivity contribution in [3.05, 3.63) is 58.3 Å². The van der Waals surface area contributed by atoms with Gasteiger partial charge in [0.15, 0.2) is 0 Å². The maximum Gasteiger partial charge on any atom is 0.354 e. The number of aromatic carboxylic acids is 1. The lowest BCUT2D eigenvalue weighted by Gasteiger charge is -2.14. The van der Waals surface area contributed by atoms with Gasteiger partial charge in [0.2, 0.25) is 0 Å². The van der Waals surface area contributed by atoms with Crippen LogP contribution in [0.15, 0.2) is 41.3 Å². The fourth-order valence-electron chi connectivity index (χ4n) is 1.81. The molecule has 0 aliphatic carbocycles. The molecule has 5 nitrogen and oxygen atoms in total. The van der Waals surface area contributed by atoms with E-state index in [-0.39, 0.29) is 11.7 Å². The molecule has 88 valence electrons. The van der Waals surface area contributed by atoms with Crippen molar-refractivity contribution < 1.29 is 9.90 Å². The largest absolute Gasteiger partial charge is 0.477 e. The first-order valence-corrected chi connectivity index (χ1v) is 5.19. The number of aromatic nitrogens is 2. The SMILES string of the molecule is CC(c1ccccc1)n1c(C(=O)O)c[nH]c1=O. The van der Waals surface area contributed by atoms with E-state index in [1.54, 1.807) is 6.92 Å².